The summed E-state index contributed by atoms with van der Waals surface area (Å²) in [5, 5.41) is 0. The van der Waals surface area contributed by atoms with E-state index in [1.807, 2.05) is 49.4 Å². The Morgan fingerprint density at radius 3 is 2.45 bits per heavy atom. The van der Waals surface area contributed by atoms with Crippen LogP contribution in [0.1, 0.15) is 27.9 Å². The van der Waals surface area contributed by atoms with Gasteiger partial charge in [-0.25, -0.2) is 0 Å². The van der Waals surface area contributed by atoms with Gasteiger partial charge in [0.15, 0.2) is 5.78 Å². The molecule has 0 fully saturated rings. The van der Waals surface area contributed by atoms with Crippen molar-refractivity contribution in [2.75, 3.05) is 7.11 Å². The molecule has 2 rings (SSSR count). The number of Topliss-reactive ketones (excluding diaryl/α,β-unsaturated/α-hetero) is 1. The summed E-state index contributed by atoms with van der Waals surface area (Å²) >= 11 is 3.46. The second kappa shape index (κ2) is 6.71. The highest BCUT2D eigenvalue weighted by molar-refractivity contribution is 9.10. The van der Waals surface area contributed by atoms with Gasteiger partial charge in [-0.3, -0.25) is 4.79 Å². The summed E-state index contributed by atoms with van der Waals surface area (Å²) in [6.07, 6.45) is 1.26. The van der Waals surface area contributed by atoms with E-state index in [9.17, 15) is 4.79 Å². The number of hydrogen-bond donors (Lipinski definition) is 0. The fourth-order valence-corrected chi connectivity index (χ4v) is 2.34. The number of hydrogen-bond acceptors (Lipinski definition) is 2. The number of ketones is 1. The van der Waals surface area contributed by atoms with E-state index in [1.54, 1.807) is 7.11 Å². The molecule has 0 amide bonds. The van der Waals surface area contributed by atoms with Crippen LogP contribution >= 0.6 is 15.9 Å². The smallest absolute Gasteiger partial charge is 0.163 e. The molecule has 0 radical (unpaired) electrons. The van der Waals surface area contributed by atoms with Crippen LogP contribution in [0.25, 0.3) is 0 Å². The van der Waals surface area contributed by atoms with Gasteiger partial charge in [-0.1, -0.05) is 40.2 Å². The lowest BCUT2D eigenvalue weighted by atomic mass is 10.0. The molecule has 2 aromatic rings. The summed E-state index contributed by atoms with van der Waals surface area (Å²) in [7, 11) is 1.65. The topological polar surface area (TPSA) is 26.3 Å². The molecule has 0 N–H and O–H groups in total. The van der Waals surface area contributed by atoms with Crippen LogP contribution in [0.4, 0.5) is 0 Å². The Morgan fingerprint density at radius 1 is 1.15 bits per heavy atom. The lowest BCUT2D eigenvalue weighted by Crippen LogP contribution is -2.01. The number of rotatable bonds is 5. The van der Waals surface area contributed by atoms with Crippen molar-refractivity contribution in [2.24, 2.45) is 0 Å². The molecule has 104 valence electrons. The monoisotopic (exact) mass is 332 g/mol. The Morgan fingerprint density at radius 2 is 1.85 bits per heavy atom. The fourth-order valence-electron chi connectivity index (χ4n) is 1.96. The highest BCUT2D eigenvalue weighted by Crippen LogP contribution is 2.19. The minimum Gasteiger partial charge on any atom is -0.497 e. The van der Waals surface area contributed by atoms with Gasteiger partial charge in [-0.05, 0) is 42.7 Å². The molecule has 0 aliphatic heterocycles. The Labute approximate surface area is 127 Å². The van der Waals surface area contributed by atoms with Crippen molar-refractivity contribution in [3.63, 3.8) is 0 Å². The largest absolute Gasteiger partial charge is 0.497 e. The van der Waals surface area contributed by atoms with Crippen molar-refractivity contribution < 1.29 is 9.53 Å². The Kier molecular flexibility index (Phi) is 4.96. The first kappa shape index (κ1) is 14.8. The molecule has 0 aliphatic rings. The molecule has 0 saturated carbocycles. The SMILES string of the molecule is COc1ccc(CCC(=O)c2ccc(C)c(Br)c2)cc1. The van der Waals surface area contributed by atoms with Gasteiger partial charge >= 0.3 is 0 Å². The Balaban J connectivity index is 1.98. The van der Waals surface area contributed by atoms with Gasteiger partial charge in [0.05, 0.1) is 7.11 Å². The van der Waals surface area contributed by atoms with Gasteiger partial charge in [0.25, 0.3) is 0 Å². The molecule has 0 spiro atoms. The third-order valence-corrected chi connectivity index (χ3v) is 4.15. The molecular formula is C17H17BrO2. The zero-order valence-electron chi connectivity index (χ0n) is 11.7. The van der Waals surface area contributed by atoms with Crippen LogP contribution in [0, 0.1) is 6.92 Å². The van der Waals surface area contributed by atoms with Gasteiger partial charge in [0, 0.05) is 16.5 Å². The summed E-state index contributed by atoms with van der Waals surface area (Å²) in [4.78, 5) is 12.2. The number of benzene rings is 2. The molecule has 2 nitrogen and oxygen atoms in total. The molecule has 0 aromatic heterocycles. The first-order chi connectivity index (χ1) is 9.60. The molecule has 2 aromatic carbocycles. The van der Waals surface area contributed by atoms with Crippen LogP contribution in [0.2, 0.25) is 0 Å². The van der Waals surface area contributed by atoms with E-state index in [-0.39, 0.29) is 5.78 Å². The van der Waals surface area contributed by atoms with Crippen LogP contribution in [-0.2, 0) is 6.42 Å². The van der Waals surface area contributed by atoms with E-state index in [1.165, 1.54) is 0 Å². The van der Waals surface area contributed by atoms with Crippen molar-refractivity contribution in [3.05, 3.63) is 63.6 Å². The van der Waals surface area contributed by atoms with Crippen molar-refractivity contribution in [1.29, 1.82) is 0 Å². The van der Waals surface area contributed by atoms with Crippen LogP contribution in [-0.4, -0.2) is 12.9 Å². The van der Waals surface area contributed by atoms with Gasteiger partial charge in [-0.15, -0.1) is 0 Å². The zero-order valence-corrected chi connectivity index (χ0v) is 13.2. The summed E-state index contributed by atoms with van der Waals surface area (Å²) in [5.41, 5.74) is 3.04. The average molecular weight is 333 g/mol. The second-order valence-corrected chi connectivity index (χ2v) is 5.59. The maximum absolute atomic E-state index is 12.2. The van der Waals surface area contributed by atoms with E-state index < -0.39 is 0 Å². The maximum atomic E-state index is 12.2. The lowest BCUT2D eigenvalue weighted by molar-refractivity contribution is 0.0983. The van der Waals surface area contributed by atoms with E-state index in [0.29, 0.717) is 6.42 Å². The summed E-state index contributed by atoms with van der Waals surface area (Å²) < 4.78 is 6.10. The van der Waals surface area contributed by atoms with Gasteiger partial charge in [0.2, 0.25) is 0 Å². The highest BCUT2D eigenvalue weighted by atomic mass is 79.9. The van der Waals surface area contributed by atoms with Crippen LogP contribution in [0.3, 0.4) is 0 Å². The number of methoxy groups -OCH3 is 1. The first-order valence-corrected chi connectivity index (χ1v) is 7.31. The third kappa shape index (κ3) is 3.70. The highest BCUT2D eigenvalue weighted by Gasteiger charge is 2.08. The quantitative estimate of drug-likeness (QED) is 0.749. The van der Waals surface area contributed by atoms with E-state index >= 15 is 0 Å². The predicted molar refractivity (Wildman–Crippen MR) is 84.5 cm³/mol. The summed E-state index contributed by atoms with van der Waals surface area (Å²) in [6, 6.07) is 13.6. The zero-order chi connectivity index (χ0) is 14.5. The fraction of sp³-hybridized carbons (Fsp3) is 0.235. The van der Waals surface area contributed by atoms with Crippen LogP contribution < -0.4 is 4.74 Å². The average Bonchev–Trinajstić information content (AvgIpc) is 2.48. The van der Waals surface area contributed by atoms with Crippen molar-refractivity contribution >= 4 is 21.7 Å². The molecule has 20 heavy (non-hydrogen) atoms. The van der Waals surface area contributed by atoms with E-state index in [2.05, 4.69) is 15.9 Å². The van der Waals surface area contributed by atoms with Crippen LogP contribution in [0.5, 0.6) is 5.75 Å². The van der Waals surface area contributed by atoms with E-state index in [0.717, 1.165) is 33.3 Å². The number of carbonyl (C=O) groups is 1. The normalized spacial score (nSPS) is 10.3. The summed E-state index contributed by atoms with van der Waals surface area (Å²) in [5.74, 6) is 1.00. The van der Waals surface area contributed by atoms with E-state index in [4.69, 9.17) is 4.74 Å². The minimum absolute atomic E-state index is 0.168. The summed E-state index contributed by atoms with van der Waals surface area (Å²) in [6.45, 7) is 2.01. The molecule has 0 unspecified atom stereocenters. The number of ether oxygens (including phenoxy) is 1. The molecular weight excluding hydrogens is 316 g/mol. The standard InChI is InChI=1S/C17H17BrO2/c1-12-3-7-14(11-16(12)18)17(19)10-6-13-4-8-15(20-2)9-5-13/h3-5,7-9,11H,6,10H2,1-2H3. The molecule has 3 heteroatoms. The van der Waals surface area contributed by atoms with Crippen molar-refractivity contribution in [3.8, 4) is 5.75 Å². The van der Waals surface area contributed by atoms with Crippen molar-refractivity contribution in [1.82, 2.24) is 0 Å². The molecule has 0 bridgehead atoms. The van der Waals surface area contributed by atoms with Gasteiger partial charge in [0.1, 0.15) is 5.75 Å². The lowest BCUT2D eigenvalue weighted by Gasteiger charge is -2.05. The van der Waals surface area contributed by atoms with Gasteiger partial charge < -0.3 is 4.74 Å². The number of carbonyl (C=O) groups excluding carboxylic acids is 1. The predicted octanol–water partition coefficient (Wildman–Crippen LogP) is 4.58. The maximum Gasteiger partial charge on any atom is 0.163 e. The molecule has 0 atom stereocenters. The third-order valence-electron chi connectivity index (χ3n) is 3.29. The van der Waals surface area contributed by atoms with Crippen LogP contribution in [0.15, 0.2) is 46.9 Å². The molecule has 0 heterocycles. The first-order valence-electron chi connectivity index (χ1n) is 6.52. The number of aryl methyl sites for hydroxylation is 2. The molecule has 0 saturated heterocycles. The van der Waals surface area contributed by atoms with Gasteiger partial charge in [-0.2, -0.15) is 0 Å². The Bertz CT molecular complexity index is 603. The minimum atomic E-state index is 0.168. The molecule has 0 aliphatic carbocycles. The Hall–Kier alpha value is -1.61. The van der Waals surface area contributed by atoms with Crippen molar-refractivity contribution in [2.45, 2.75) is 19.8 Å². The number of halogens is 1. The second-order valence-electron chi connectivity index (χ2n) is 4.74.